The lowest BCUT2D eigenvalue weighted by Crippen LogP contribution is -2.08. The van der Waals surface area contributed by atoms with E-state index in [1.807, 2.05) is 24.3 Å². The third-order valence-electron chi connectivity index (χ3n) is 1.82. The van der Waals surface area contributed by atoms with E-state index in [9.17, 15) is 4.79 Å². The number of hydrogen-bond acceptors (Lipinski definition) is 2. The van der Waals surface area contributed by atoms with Crippen LogP contribution in [0.3, 0.4) is 0 Å². The summed E-state index contributed by atoms with van der Waals surface area (Å²) < 4.78 is 0. The standard InChI is InChI=1S/C12H13NO2/c13-12(15)6-2-5-10-3-1-4-11(9-10)7-8-14/h1,3-4,9,14H,6-8H2,(H2,13,15). The van der Waals surface area contributed by atoms with Gasteiger partial charge in [-0.3, -0.25) is 4.79 Å². The van der Waals surface area contributed by atoms with E-state index < -0.39 is 5.91 Å². The first-order chi connectivity index (χ1) is 7.22. The lowest BCUT2D eigenvalue weighted by molar-refractivity contribution is -0.117. The summed E-state index contributed by atoms with van der Waals surface area (Å²) in [5.41, 5.74) is 6.83. The molecule has 1 rings (SSSR count). The Morgan fingerprint density at radius 3 is 2.93 bits per heavy atom. The zero-order valence-electron chi connectivity index (χ0n) is 8.36. The summed E-state index contributed by atoms with van der Waals surface area (Å²) in [6.45, 7) is 0.123. The Hall–Kier alpha value is -1.79. The number of rotatable bonds is 3. The lowest BCUT2D eigenvalue weighted by Gasteiger charge is -1.97. The van der Waals surface area contributed by atoms with Gasteiger partial charge in [0.15, 0.2) is 0 Å². The van der Waals surface area contributed by atoms with Crippen LogP contribution in [0.1, 0.15) is 17.5 Å². The SMILES string of the molecule is NC(=O)CC#Cc1cccc(CCO)c1. The Bertz CT molecular complexity index is 402. The number of amides is 1. The van der Waals surface area contributed by atoms with E-state index in [-0.39, 0.29) is 13.0 Å². The summed E-state index contributed by atoms with van der Waals surface area (Å²) in [5.74, 6) is 5.10. The summed E-state index contributed by atoms with van der Waals surface area (Å²) in [7, 11) is 0. The summed E-state index contributed by atoms with van der Waals surface area (Å²) in [4.78, 5) is 10.4. The first-order valence-corrected chi connectivity index (χ1v) is 4.69. The average molecular weight is 203 g/mol. The minimum absolute atomic E-state index is 0.0736. The van der Waals surface area contributed by atoms with Crippen molar-refractivity contribution >= 4 is 5.91 Å². The van der Waals surface area contributed by atoms with Crippen molar-refractivity contribution in [3.05, 3.63) is 35.4 Å². The van der Waals surface area contributed by atoms with Crippen LogP contribution >= 0.6 is 0 Å². The molecule has 1 amide bonds. The number of primary amides is 1. The molecule has 0 radical (unpaired) electrons. The highest BCUT2D eigenvalue weighted by molar-refractivity contribution is 5.76. The zero-order chi connectivity index (χ0) is 11.1. The minimum atomic E-state index is -0.422. The van der Waals surface area contributed by atoms with Crippen molar-refractivity contribution in [3.8, 4) is 11.8 Å². The van der Waals surface area contributed by atoms with Crippen molar-refractivity contribution in [1.82, 2.24) is 0 Å². The molecule has 0 aliphatic rings. The summed E-state index contributed by atoms with van der Waals surface area (Å²) in [5, 5.41) is 8.76. The summed E-state index contributed by atoms with van der Waals surface area (Å²) in [6.07, 6.45) is 0.690. The Labute approximate surface area is 88.9 Å². The van der Waals surface area contributed by atoms with E-state index in [1.54, 1.807) is 0 Å². The van der Waals surface area contributed by atoms with Gasteiger partial charge in [0.05, 0.1) is 6.42 Å². The van der Waals surface area contributed by atoms with Gasteiger partial charge in [0.1, 0.15) is 0 Å². The second-order valence-electron chi connectivity index (χ2n) is 3.12. The highest BCUT2D eigenvalue weighted by Gasteiger charge is 1.92. The molecular weight excluding hydrogens is 190 g/mol. The molecule has 0 aliphatic carbocycles. The van der Waals surface area contributed by atoms with Gasteiger partial charge in [-0.05, 0) is 24.1 Å². The van der Waals surface area contributed by atoms with Crippen molar-refractivity contribution in [3.63, 3.8) is 0 Å². The van der Waals surface area contributed by atoms with Gasteiger partial charge in [-0.2, -0.15) is 0 Å². The van der Waals surface area contributed by atoms with Gasteiger partial charge in [0.2, 0.25) is 5.91 Å². The van der Waals surface area contributed by atoms with Crippen molar-refractivity contribution in [2.24, 2.45) is 5.73 Å². The second kappa shape index (κ2) is 5.84. The lowest BCUT2D eigenvalue weighted by atomic mass is 10.1. The molecule has 0 spiro atoms. The fraction of sp³-hybridized carbons (Fsp3) is 0.250. The largest absolute Gasteiger partial charge is 0.396 e. The van der Waals surface area contributed by atoms with Crippen LogP contribution in [0.2, 0.25) is 0 Å². The number of aliphatic hydroxyl groups is 1. The molecule has 0 heterocycles. The molecule has 3 nitrogen and oxygen atoms in total. The molecule has 15 heavy (non-hydrogen) atoms. The number of carbonyl (C=O) groups excluding carboxylic acids is 1. The molecule has 0 saturated heterocycles. The molecule has 0 atom stereocenters. The number of aliphatic hydroxyl groups excluding tert-OH is 1. The normalized spacial score (nSPS) is 9.13. The van der Waals surface area contributed by atoms with Gasteiger partial charge in [-0.25, -0.2) is 0 Å². The van der Waals surface area contributed by atoms with Crippen LogP contribution in [0.4, 0.5) is 0 Å². The summed E-state index contributed by atoms with van der Waals surface area (Å²) in [6, 6.07) is 7.55. The second-order valence-corrected chi connectivity index (χ2v) is 3.12. The van der Waals surface area contributed by atoms with Crippen LogP contribution in [-0.2, 0) is 11.2 Å². The van der Waals surface area contributed by atoms with Crippen LogP contribution in [0.5, 0.6) is 0 Å². The quantitative estimate of drug-likeness (QED) is 0.700. The molecule has 0 unspecified atom stereocenters. The van der Waals surface area contributed by atoms with E-state index in [0.717, 1.165) is 11.1 Å². The first-order valence-electron chi connectivity index (χ1n) is 4.69. The molecule has 0 saturated carbocycles. The Morgan fingerprint density at radius 1 is 1.47 bits per heavy atom. The topological polar surface area (TPSA) is 63.3 Å². The molecular formula is C12H13NO2. The molecule has 3 heteroatoms. The molecule has 1 aromatic rings. The predicted molar refractivity (Wildman–Crippen MR) is 57.9 cm³/mol. The van der Waals surface area contributed by atoms with Gasteiger partial charge in [-0.15, -0.1) is 0 Å². The third-order valence-corrected chi connectivity index (χ3v) is 1.82. The van der Waals surface area contributed by atoms with E-state index in [2.05, 4.69) is 11.8 Å². The zero-order valence-corrected chi connectivity index (χ0v) is 8.36. The van der Waals surface area contributed by atoms with Crippen LogP contribution in [0.15, 0.2) is 24.3 Å². The molecule has 0 bridgehead atoms. The fourth-order valence-corrected chi connectivity index (χ4v) is 1.17. The van der Waals surface area contributed by atoms with E-state index in [4.69, 9.17) is 10.8 Å². The number of nitrogens with two attached hydrogens (primary N) is 1. The third kappa shape index (κ3) is 4.30. The minimum Gasteiger partial charge on any atom is -0.396 e. The Kier molecular flexibility index (Phi) is 4.39. The Balaban J connectivity index is 2.71. The van der Waals surface area contributed by atoms with E-state index in [1.165, 1.54) is 0 Å². The predicted octanol–water partition coefficient (Wildman–Crippen LogP) is 0.448. The van der Waals surface area contributed by atoms with Crippen molar-refractivity contribution in [2.75, 3.05) is 6.61 Å². The van der Waals surface area contributed by atoms with Crippen molar-refractivity contribution < 1.29 is 9.90 Å². The molecule has 78 valence electrons. The molecule has 1 aromatic carbocycles. The highest BCUT2D eigenvalue weighted by atomic mass is 16.2. The first kappa shape index (κ1) is 11.3. The van der Waals surface area contributed by atoms with Gasteiger partial charge in [-0.1, -0.05) is 24.0 Å². The average Bonchev–Trinajstić information content (AvgIpc) is 2.18. The number of carbonyl (C=O) groups is 1. The summed E-state index contributed by atoms with van der Waals surface area (Å²) >= 11 is 0. The van der Waals surface area contributed by atoms with Crippen LogP contribution in [-0.4, -0.2) is 17.6 Å². The maximum atomic E-state index is 10.4. The van der Waals surface area contributed by atoms with Crippen LogP contribution < -0.4 is 5.73 Å². The highest BCUT2D eigenvalue weighted by Crippen LogP contribution is 2.04. The van der Waals surface area contributed by atoms with Gasteiger partial charge in [0, 0.05) is 12.2 Å². The molecule has 0 fully saturated rings. The van der Waals surface area contributed by atoms with Crippen LogP contribution in [0, 0.1) is 11.8 Å². The smallest absolute Gasteiger partial charge is 0.229 e. The van der Waals surface area contributed by atoms with Crippen LogP contribution in [0.25, 0.3) is 0 Å². The Morgan fingerprint density at radius 2 is 2.27 bits per heavy atom. The van der Waals surface area contributed by atoms with Gasteiger partial charge >= 0.3 is 0 Å². The molecule has 0 aromatic heterocycles. The molecule has 3 N–H and O–H groups in total. The fourth-order valence-electron chi connectivity index (χ4n) is 1.17. The number of benzene rings is 1. The van der Waals surface area contributed by atoms with Crippen molar-refractivity contribution in [2.45, 2.75) is 12.8 Å². The van der Waals surface area contributed by atoms with E-state index >= 15 is 0 Å². The van der Waals surface area contributed by atoms with Gasteiger partial charge in [0.25, 0.3) is 0 Å². The van der Waals surface area contributed by atoms with Crippen molar-refractivity contribution in [1.29, 1.82) is 0 Å². The van der Waals surface area contributed by atoms with E-state index in [0.29, 0.717) is 6.42 Å². The number of hydrogen-bond donors (Lipinski definition) is 2. The van der Waals surface area contributed by atoms with Gasteiger partial charge < -0.3 is 10.8 Å². The maximum Gasteiger partial charge on any atom is 0.229 e. The molecule has 0 aliphatic heterocycles. The monoisotopic (exact) mass is 203 g/mol. The maximum absolute atomic E-state index is 10.4.